The van der Waals surface area contributed by atoms with Gasteiger partial charge in [0.2, 0.25) is 0 Å². The molecule has 0 spiro atoms. The van der Waals surface area contributed by atoms with E-state index < -0.39 is 34.5 Å². The molecule has 1 atom stereocenters. The summed E-state index contributed by atoms with van der Waals surface area (Å²) >= 11 is 5.77. The van der Waals surface area contributed by atoms with E-state index in [2.05, 4.69) is 10.1 Å². The molecule has 7 nitrogen and oxygen atoms in total. The van der Waals surface area contributed by atoms with Crippen molar-refractivity contribution in [2.45, 2.75) is 38.0 Å². The zero-order valence-electron chi connectivity index (χ0n) is 12.6. The number of rotatable bonds is 3. The summed E-state index contributed by atoms with van der Waals surface area (Å²) in [5, 5.41) is 12.6. The quantitative estimate of drug-likeness (QED) is 0.886. The Morgan fingerprint density at radius 2 is 2.16 bits per heavy atom. The fraction of sp³-hybridized carbons (Fsp3) is 0.429. The number of aromatic nitrogens is 4. The van der Waals surface area contributed by atoms with Crippen LogP contribution in [0.1, 0.15) is 36.0 Å². The molecule has 0 radical (unpaired) electrons. The first-order chi connectivity index (χ1) is 11.7. The van der Waals surface area contributed by atoms with Crippen LogP contribution >= 0.6 is 11.6 Å². The molecule has 2 aromatic heterocycles. The molecule has 0 amide bonds. The Balaban J connectivity index is 2.01. The molecule has 3 rings (SSSR count). The van der Waals surface area contributed by atoms with Crippen molar-refractivity contribution in [2.24, 2.45) is 0 Å². The number of alkyl halides is 3. The van der Waals surface area contributed by atoms with Crippen LogP contribution in [0.5, 0.6) is 0 Å². The van der Waals surface area contributed by atoms with Gasteiger partial charge in [-0.25, -0.2) is 14.3 Å². The first kappa shape index (κ1) is 17.5. The van der Waals surface area contributed by atoms with Crippen molar-refractivity contribution in [3.05, 3.63) is 44.9 Å². The minimum atomic E-state index is -4.65. The molecule has 0 unspecified atom stereocenters. The number of pyridine rings is 1. The third kappa shape index (κ3) is 3.13. The van der Waals surface area contributed by atoms with Crippen LogP contribution in [0.25, 0.3) is 0 Å². The van der Waals surface area contributed by atoms with E-state index in [-0.39, 0.29) is 24.5 Å². The molecule has 1 aliphatic rings. The Hall–Kier alpha value is -2.36. The minimum Gasteiger partial charge on any atom is -0.480 e. The zero-order valence-corrected chi connectivity index (χ0v) is 13.4. The average molecular weight is 377 g/mol. The van der Waals surface area contributed by atoms with Crippen LogP contribution < -0.4 is 5.69 Å². The van der Waals surface area contributed by atoms with Gasteiger partial charge in [-0.1, -0.05) is 11.6 Å². The third-order valence-corrected chi connectivity index (χ3v) is 4.40. The number of hydrogen-bond donors (Lipinski definition) is 1. The Morgan fingerprint density at radius 3 is 2.80 bits per heavy atom. The number of nitrogens with zero attached hydrogens (tertiary/aromatic N) is 4. The molecule has 0 saturated carbocycles. The van der Waals surface area contributed by atoms with Gasteiger partial charge in [0.15, 0.2) is 0 Å². The lowest BCUT2D eigenvalue weighted by molar-refractivity contribution is -0.141. The summed E-state index contributed by atoms with van der Waals surface area (Å²) in [5.74, 6) is -0.871. The van der Waals surface area contributed by atoms with E-state index in [0.717, 1.165) is 21.5 Å². The van der Waals surface area contributed by atoms with E-state index >= 15 is 0 Å². The average Bonchev–Trinajstić information content (AvgIpc) is 2.84. The summed E-state index contributed by atoms with van der Waals surface area (Å²) in [7, 11) is 0. The van der Waals surface area contributed by atoms with Gasteiger partial charge in [-0.05, 0) is 18.9 Å². The predicted molar refractivity (Wildman–Crippen MR) is 79.4 cm³/mol. The number of halogens is 4. The number of carboxylic acids is 1. The molecule has 1 aliphatic heterocycles. The number of aryl methyl sites for hydroxylation is 1. The zero-order chi connectivity index (χ0) is 18.4. The number of aliphatic carboxylic acids is 1. The van der Waals surface area contributed by atoms with Gasteiger partial charge in [-0.3, -0.25) is 9.55 Å². The van der Waals surface area contributed by atoms with E-state index in [1.165, 1.54) is 0 Å². The molecule has 2 aromatic rings. The van der Waals surface area contributed by atoms with E-state index in [9.17, 15) is 27.9 Å². The highest BCUT2D eigenvalue weighted by molar-refractivity contribution is 6.32. The fourth-order valence-corrected chi connectivity index (χ4v) is 3.11. The van der Waals surface area contributed by atoms with Crippen LogP contribution in [0, 0.1) is 0 Å². The summed E-state index contributed by atoms with van der Waals surface area (Å²) in [6.07, 6.45) is -2.45. The molecule has 25 heavy (non-hydrogen) atoms. The van der Waals surface area contributed by atoms with Gasteiger partial charge in [0, 0.05) is 12.6 Å². The summed E-state index contributed by atoms with van der Waals surface area (Å²) < 4.78 is 40.7. The second kappa shape index (κ2) is 6.17. The molecule has 1 N–H and O–H groups in total. The maximum Gasteiger partial charge on any atom is 0.417 e. The van der Waals surface area contributed by atoms with Crippen LogP contribution in [0.15, 0.2) is 17.1 Å². The fourth-order valence-electron chi connectivity index (χ4n) is 2.83. The molecule has 0 saturated heterocycles. The molecule has 134 valence electrons. The number of fused-ring (bicyclic) bond motifs is 1. The van der Waals surface area contributed by atoms with E-state index in [4.69, 9.17) is 11.6 Å². The summed E-state index contributed by atoms with van der Waals surface area (Å²) in [5.41, 5.74) is -1.93. The molecular formula is C14H12ClF3N4O3. The predicted octanol–water partition coefficient (Wildman–Crippen LogP) is 2.12. The monoisotopic (exact) mass is 376 g/mol. The van der Waals surface area contributed by atoms with Crippen LogP contribution in [0.2, 0.25) is 5.02 Å². The van der Waals surface area contributed by atoms with Gasteiger partial charge < -0.3 is 5.11 Å². The van der Waals surface area contributed by atoms with Gasteiger partial charge in [0.25, 0.3) is 0 Å². The topological polar surface area (TPSA) is 90.0 Å². The maximum absolute atomic E-state index is 12.9. The van der Waals surface area contributed by atoms with Gasteiger partial charge in [0.1, 0.15) is 11.9 Å². The molecule has 0 fully saturated rings. The molecule has 0 bridgehead atoms. The maximum atomic E-state index is 12.9. The van der Waals surface area contributed by atoms with Crippen LogP contribution in [-0.4, -0.2) is 30.4 Å². The highest BCUT2D eigenvalue weighted by Gasteiger charge is 2.35. The lowest BCUT2D eigenvalue weighted by atomic mass is 10.1. The second-order valence-corrected chi connectivity index (χ2v) is 5.97. The molecule has 0 aromatic carbocycles. The van der Waals surface area contributed by atoms with Gasteiger partial charge >= 0.3 is 17.8 Å². The number of hydrogen-bond acceptors (Lipinski definition) is 4. The first-order valence-corrected chi connectivity index (χ1v) is 7.69. The lowest BCUT2D eigenvalue weighted by Crippen LogP contribution is -2.34. The van der Waals surface area contributed by atoms with Crippen molar-refractivity contribution in [2.75, 3.05) is 0 Å². The van der Waals surface area contributed by atoms with Crippen molar-refractivity contribution in [3.8, 4) is 0 Å². The van der Waals surface area contributed by atoms with Crippen LogP contribution in [0.3, 0.4) is 0 Å². The molecular weight excluding hydrogens is 365 g/mol. The van der Waals surface area contributed by atoms with E-state index in [0.29, 0.717) is 12.8 Å². The number of carboxylic acid groups (broad SMARTS) is 1. The number of carbonyl (C=O) groups is 1. The Kier molecular flexibility index (Phi) is 4.31. The highest BCUT2D eigenvalue weighted by Crippen LogP contribution is 2.35. The Morgan fingerprint density at radius 1 is 1.44 bits per heavy atom. The molecule has 0 aliphatic carbocycles. The van der Waals surface area contributed by atoms with Crippen LogP contribution in [-0.2, 0) is 23.9 Å². The molecule has 3 heterocycles. The Bertz CT molecular complexity index is 890. The molecule has 11 heteroatoms. The lowest BCUT2D eigenvalue weighted by Gasteiger charge is -2.19. The summed E-state index contributed by atoms with van der Waals surface area (Å²) in [4.78, 5) is 27.5. The van der Waals surface area contributed by atoms with Gasteiger partial charge in [0.05, 0.1) is 22.8 Å². The largest absolute Gasteiger partial charge is 0.480 e. The third-order valence-electron chi connectivity index (χ3n) is 3.98. The minimum absolute atomic E-state index is 0.166. The van der Waals surface area contributed by atoms with E-state index in [1.54, 1.807) is 0 Å². The van der Waals surface area contributed by atoms with Crippen molar-refractivity contribution in [3.63, 3.8) is 0 Å². The van der Waals surface area contributed by atoms with Gasteiger partial charge in [-0.2, -0.15) is 18.3 Å². The van der Waals surface area contributed by atoms with Crippen molar-refractivity contribution < 1.29 is 23.1 Å². The summed E-state index contributed by atoms with van der Waals surface area (Å²) in [6, 6.07) is -0.289. The summed E-state index contributed by atoms with van der Waals surface area (Å²) in [6.45, 7) is -0.381. The Labute approximate surface area is 143 Å². The van der Waals surface area contributed by atoms with Crippen molar-refractivity contribution in [1.82, 2.24) is 19.3 Å². The van der Waals surface area contributed by atoms with Crippen LogP contribution in [0.4, 0.5) is 13.2 Å². The second-order valence-electron chi connectivity index (χ2n) is 5.59. The first-order valence-electron chi connectivity index (χ1n) is 7.31. The van der Waals surface area contributed by atoms with E-state index in [1.807, 2.05) is 0 Å². The van der Waals surface area contributed by atoms with Crippen molar-refractivity contribution >= 4 is 17.6 Å². The standard InChI is InChI=1S/C14H12ClF3N4O3/c15-11-7(14(16,17)18)4-5-19-8(11)6-21-13(25)22-9(12(23)24)2-1-3-10(22)20-21/h4-5,9H,1-3,6H2,(H,23,24)/t9-/m0/s1. The SMILES string of the molecule is O=C(O)[C@@H]1CCCc2nn(Cc3nccc(C(F)(F)F)c3Cl)c(=O)n21. The highest BCUT2D eigenvalue weighted by atomic mass is 35.5. The van der Waals surface area contributed by atoms with Crippen molar-refractivity contribution in [1.29, 1.82) is 0 Å². The van der Waals surface area contributed by atoms with Gasteiger partial charge in [-0.15, -0.1) is 0 Å². The smallest absolute Gasteiger partial charge is 0.417 e. The normalized spacial score (nSPS) is 17.4.